The molecule has 1 saturated heterocycles. The zero-order valence-corrected chi connectivity index (χ0v) is 19.7. The van der Waals surface area contributed by atoms with Crippen LogP contribution in [0.3, 0.4) is 0 Å². The number of benzene rings is 3. The van der Waals surface area contributed by atoms with Gasteiger partial charge in [-0.15, -0.1) is 0 Å². The number of nitrogens with zero attached hydrogens (tertiary/aromatic N) is 1. The Hall–Kier alpha value is -3.81. The molecule has 0 radical (unpaired) electrons. The first-order valence-corrected chi connectivity index (χ1v) is 11.5. The number of hydrogen-bond donors (Lipinski definition) is 1. The van der Waals surface area contributed by atoms with Gasteiger partial charge in [-0.1, -0.05) is 54.1 Å². The molecule has 0 saturated carbocycles. The lowest BCUT2D eigenvalue weighted by atomic mass is 10.1. The Morgan fingerprint density at radius 3 is 2.34 bits per heavy atom. The van der Waals surface area contributed by atoms with Crippen LogP contribution in [0, 0.1) is 0 Å². The van der Waals surface area contributed by atoms with E-state index in [0.717, 1.165) is 10.5 Å². The summed E-state index contributed by atoms with van der Waals surface area (Å²) < 4.78 is 5.11. The van der Waals surface area contributed by atoms with E-state index < -0.39 is 24.4 Å². The monoisotopic (exact) mass is 490 g/mol. The normalized spacial score (nSPS) is 16.3. The summed E-state index contributed by atoms with van der Waals surface area (Å²) in [6.45, 7) is 1.48. The number of esters is 1. The number of rotatable bonds is 8. The largest absolute Gasteiger partial charge is 0.454 e. The minimum atomic E-state index is -0.702. The summed E-state index contributed by atoms with van der Waals surface area (Å²) in [5, 5.41) is 3.50. The lowest BCUT2D eigenvalue weighted by Gasteiger charge is -2.19. The highest BCUT2D eigenvalue weighted by Crippen LogP contribution is 2.25. The van der Waals surface area contributed by atoms with Gasteiger partial charge in [0.2, 0.25) is 11.7 Å². The van der Waals surface area contributed by atoms with Crippen LogP contribution in [-0.2, 0) is 14.3 Å². The molecule has 0 aromatic heterocycles. The molecule has 0 bridgehead atoms. The molecule has 2 unspecified atom stereocenters. The van der Waals surface area contributed by atoms with Crippen molar-refractivity contribution < 1.29 is 23.9 Å². The first-order valence-electron chi connectivity index (χ1n) is 11.1. The molecule has 1 aliphatic heterocycles. The molecule has 3 aromatic carbocycles. The maximum Gasteiger partial charge on any atom is 0.338 e. The molecule has 7 nitrogen and oxygen atoms in total. The molecule has 2 atom stereocenters. The molecular weight excluding hydrogens is 468 g/mol. The zero-order chi connectivity index (χ0) is 24.9. The molecule has 4 rings (SSSR count). The molecule has 1 fully saturated rings. The second-order valence-electron chi connectivity index (χ2n) is 8.15. The van der Waals surface area contributed by atoms with Crippen LogP contribution in [-0.4, -0.2) is 36.2 Å². The van der Waals surface area contributed by atoms with E-state index in [2.05, 4.69) is 5.32 Å². The fraction of sp³-hybridized carbons (Fsp3) is 0.185. The molecule has 178 valence electrons. The lowest BCUT2D eigenvalue weighted by Crippen LogP contribution is -2.40. The second-order valence-corrected chi connectivity index (χ2v) is 8.56. The van der Waals surface area contributed by atoms with Gasteiger partial charge in [-0.25, -0.2) is 9.69 Å². The topological polar surface area (TPSA) is 92.8 Å². The standard InChI is InChI=1S/C27H23ClN2O5/c1-17(18-7-3-2-4-8-18)29-23-15-25(32)30(26(23)33)20-13-11-19(12-14-20)27(34)35-16-24(31)21-9-5-6-10-22(21)28/h2-14,17,23,29H,15-16H2,1H3. The SMILES string of the molecule is CC(NC1CC(=O)N(c2ccc(C(=O)OCC(=O)c3ccccc3Cl)cc2)C1=O)c1ccccc1. The van der Waals surface area contributed by atoms with Gasteiger partial charge in [-0.3, -0.25) is 19.7 Å². The number of amides is 2. The number of ketones is 1. The predicted molar refractivity (Wildman–Crippen MR) is 131 cm³/mol. The highest BCUT2D eigenvalue weighted by molar-refractivity contribution is 6.34. The van der Waals surface area contributed by atoms with E-state index >= 15 is 0 Å². The summed E-state index contributed by atoms with van der Waals surface area (Å²) in [7, 11) is 0. The maximum absolute atomic E-state index is 12.9. The van der Waals surface area contributed by atoms with Gasteiger partial charge >= 0.3 is 5.97 Å². The number of anilines is 1. The van der Waals surface area contributed by atoms with Crippen LogP contribution in [0.1, 0.15) is 45.7 Å². The van der Waals surface area contributed by atoms with Crippen molar-refractivity contribution in [3.05, 3.63) is 101 Å². The van der Waals surface area contributed by atoms with Gasteiger partial charge in [-0.2, -0.15) is 0 Å². The van der Waals surface area contributed by atoms with Crippen LogP contribution < -0.4 is 10.2 Å². The number of imide groups is 1. The summed E-state index contributed by atoms with van der Waals surface area (Å²) in [5.41, 5.74) is 1.84. The molecule has 2 amide bonds. The van der Waals surface area contributed by atoms with Gasteiger partial charge in [-0.05, 0) is 48.9 Å². The molecular formula is C27H23ClN2O5. The van der Waals surface area contributed by atoms with E-state index in [9.17, 15) is 19.2 Å². The number of ether oxygens (including phenoxy) is 1. The van der Waals surface area contributed by atoms with Crippen molar-refractivity contribution in [1.29, 1.82) is 0 Å². The van der Waals surface area contributed by atoms with Gasteiger partial charge in [0.05, 0.1) is 28.7 Å². The molecule has 1 heterocycles. The van der Waals surface area contributed by atoms with Gasteiger partial charge in [0.25, 0.3) is 5.91 Å². The van der Waals surface area contributed by atoms with Crippen molar-refractivity contribution in [2.24, 2.45) is 0 Å². The van der Waals surface area contributed by atoms with Gasteiger partial charge in [0.15, 0.2) is 6.61 Å². The Bertz CT molecular complexity index is 1260. The van der Waals surface area contributed by atoms with E-state index in [-0.39, 0.29) is 40.4 Å². The van der Waals surface area contributed by atoms with E-state index in [4.69, 9.17) is 16.3 Å². The minimum absolute atomic E-state index is 0.0456. The molecule has 3 aromatic rings. The summed E-state index contributed by atoms with van der Waals surface area (Å²) in [6.07, 6.45) is 0.0456. The van der Waals surface area contributed by atoms with E-state index in [1.165, 1.54) is 24.3 Å². The number of hydrogen-bond acceptors (Lipinski definition) is 6. The summed E-state index contributed by atoms with van der Waals surface area (Å²) in [6, 6.07) is 21.3. The van der Waals surface area contributed by atoms with Crippen molar-refractivity contribution in [1.82, 2.24) is 5.32 Å². The fourth-order valence-electron chi connectivity index (χ4n) is 3.90. The summed E-state index contributed by atoms with van der Waals surface area (Å²) >= 11 is 6.00. The van der Waals surface area contributed by atoms with E-state index in [0.29, 0.717) is 5.69 Å². The number of Topliss-reactive ketones (excluding diaryl/α,β-unsaturated/α-hetero) is 1. The molecule has 0 aliphatic carbocycles. The molecule has 1 N–H and O–H groups in total. The second kappa shape index (κ2) is 10.6. The highest BCUT2D eigenvalue weighted by atomic mass is 35.5. The number of nitrogens with one attached hydrogen (secondary N) is 1. The minimum Gasteiger partial charge on any atom is -0.454 e. The van der Waals surface area contributed by atoms with Gasteiger partial charge < -0.3 is 4.74 Å². The number of carbonyl (C=O) groups is 4. The zero-order valence-electron chi connectivity index (χ0n) is 18.9. The van der Waals surface area contributed by atoms with Crippen LogP contribution in [0.4, 0.5) is 5.69 Å². The van der Waals surface area contributed by atoms with Crippen molar-refractivity contribution in [3.63, 3.8) is 0 Å². The molecule has 8 heteroatoms. The molecule has 1 aliphatic rings. The van der Waals surface area contributed by atoms with Gasteiger partial charge in [0, 0.05) is 11.6 Å². The average Bonchev–Trinajstić information content (AvgIpc) is 3.15. The van der Waals surface area contributed by atoms with Crippen molar-refractivity contribution in [3.8, 4) is 0 Å². The third-order valence-corrected chi connectivity index (χ3v) is 6.10. The van der Waals surface area contributed by atoms with Crippen molar-refractivity contribution in [2.45, 2.75) is 25.4 Å². The van der Waals surface area contributed by atoms with Crippen LogP contribution in [0.15, 0.2) is 78.9 Å². The first kappa shape index (κ1) is 24.3. The Kier molecular flexibility index (Phi) is 7.39. The van der Waals surface area contributed by atoms with Crippen LogP contribution >= 0.6 is 11.6 Å². The Labute approximate surface area is 207 Å². The maximum atomic E-state index is 12.9. The highest BCUT2D eigenvalue weighted by Gasteiger charge is 2.40. The van der Waals surface area contributed by atoms with Crippen molar-refractivity contribution >= 4 is 40.9 Å². The quantitative estimate of drug-likeness (QED) is 0.286. The smallest absolute Gasteiger partial charge is 0.338 e. The number of carbonyl (C=O) groups excluding carboxylic acids is 4. The Morgan fingerprint density at radius 2 is 1.66 bits per heavy atom. The van der Waals surface area contributed by atoms with Crippen LogP contribution in [0.2, 0.25) is 5.02 Å². The van der Waals surface area contributed by atoms with Crippen LogP contribution in [0.5, 0.6) is 0 Å². The summed E-state index contributed by atoms with van der Waals surface area (Å²) in [5.74, 6) is -1.80. The van der Waals surface area contributed by atoms with E-state index in [1.54, 1.807) is 24.3 Å². The third kappa shape index (κ3) is 5.48. The molecule has 35 heavy (non-hydrogen) atoms. The lowest BCUT2D eigenvalue weighted by molar-refractivity contribution is -0.121. The first-order chi connectivity index (χ1) is 16.8. The van der Waals surface area contributed by atoms with Gasteiger partial charge in [0.1, 0.15) is 0 Å². The van der Waals surface area contributed by atoms with E-state index in [1.807, 2.05) is 37.3 Å². The Morgan fingerprint density at radius 1 is 1.00 bits per heavy atom. The number of halogens is 1. The van der Waals surface area contributed by atoms with Crippen molar-refractivity contribution in [2.75, 3.05) is 11.5 Å². The molecule has 0 spiro atoms. The average molecular weight is 491 g/mol. The predicted octanol–water partition coefficient (Wildman–Crippen LogP) is 4.36. The summed E-state index contributed by atoms with van der Waals surface area (Å²) in [4.78, 5) is 51.3. The third-order valence-electron chi connectivity index (χ3n) is 5.77. The fourth-order valence-corrected chi connectivity index (χ4v) is 4.14. The Balaban J connectivity index is 1.37. The van der Waals surface area contributed by atoms with Crippen LogP contribution in [0.25, 0.3) is 0 Å².